The van der Waals surface area contributed by atoms with Gasteiger partial charge >= 0.3 is 0 Å². The Morgan fingerprint density at radius 2 is 2.08 bits per heavy atom. The van der Waals surface area contributed by atoms with Gasteiger partial charge in [0.05, 0.1) is 18.1 Å². The highest BCUT2D eigenvalue weighted by molar-refractivity contribution is 5.55. The van der Waals surface area contributed by atoms with Gasteiger partial charge in [-0.05, 0) is 12.5 Å². The molecule has 1 aliphatic heterocycles. The lowest BCUT2D eigenvalue weighted by atomic mass is 9.84. The first-order valence-corrected chi connectivity index (χ1v) is 7.56. The number of hydrogen-bond donors (Lipinski definition) is 2. The summed E-state index contributed by atoms with van der Waals surface area (Å²) in [5.41, 5.74) is 7.66. The molecule has 0 radical (unpaired) electrons. The molecular weight excluding hydrogens is 306 g/mol. The van der Waals surface area contributed by atoms with Crippen molar-refractivity contribution in [2.75, 3.05) is 6.61 Å². The van der Waals surface area contributed by atoms with Gasteiger partial charge in [0.15, 0.2) is 0 Å². The zero-order valence-corrected chi connectivity index (χ0v) is 13.2. The maximum absolute atomic E-state index is 13.0. The third-order valence-corrected chi connectivity index (χ3v) is 4.15. The smallest absolute Gasteiger partial charge is 0.258 e. The summed E-state index contributed by atoms with van der Waals surface area (Å²) in [5, 5.41) is 18.7. The summed E-state index contributed by atoms with van der Waals surface area (Å²) in [4.78, 5) is 13.0. The van der Waals surface area contributed by atoms with Gasteiger partial charge in [-0.1, -0.05) is 30.3 Å². The van der Waals surface area contributed by atoms with Crippen molar-refractivity contribution in [2.24, 2.45) is 5.73 Å². The van der Waals surface area contributed by atoms with E-state index < -0.39 is 5.92 Å². The quantitative estimate of drug-likeness (QED) is 0.888. The Morgan fingerprint density at radius 3 is 2.71 bits per heavy atom. The third kappa shape index (κ3) is 2.45. The highest BCUT2D eigenvalue weighted by Crippen LogP contribution is 2.40. The van der Waals surface area contributed by atoms with Crippen LogP contribution in [0.1, 0.15) is 22.7 Å². The second-order valence-corrected chi connectivity index (χ2v) is 5.58. The largest absolute Gasteiger partial charge is 0.440 e. The van der Waals surface area contributed by atoms with E-state index in [1.54, 1.807) is 13.0 Å². The average molecular weight is 323 g/mol. The van der Waals surface area contributed by atoms with Gasteiger partial charge in [-0.15, -0.1) is 0 Å². The molecule has 3 rings (SSSR count). The van der Waals surface area contributed by atoms with Crippen LogP contribution in [0.3, 0.4) is 0 Å². The van der Waals surface area contributed by atoms with Crippen molar-refractivity contribution in [1.82, 2.24) is 4.57 Å². The highest BCUT2D eigenvalue weighted by atomic mass is 16.5. The number of benzene rings is 1. The lowest BCUT2D eigenvalue weighted by molar-refractivity contribution is 0.272. The van der Waals surface area contributed by atoms with Gasteiger partial charge in [0.2, 0.25) is 5.88 Å². The number of aliphatic hydroxyl groups is 1. The molecule has 0 amide bonds. The normalized spacial score (nSPS) is 16.3. The fourth-order valence-corrected chi connectivity index (χ4v) is 3.04. The fraction of sp³-hybridized carbons (Fsp3) is 0.222. The predicted octanol–water partition coefficient (Wildman–Crippen LogP) is 1.37. The second-order valence-electron chi connectivity index (χ2n) is 5.58. The van der Waals surface area contributed by atoms with Crippen LogP contribution in [0, 0.1) is 18.3 Å². The van der Waals surface area contributed by atoms with Gasteiger partial charge in [0.1, 0.15) is 17.4 Å². The molecule has 6 nitrogen and oxygen atoms in total. The summed E-state index contributed by atoms with van der Waals surface area (Å²) in [6.07, 6.45) is 0. The van der Waals surface area contributed by atoms with Crippen LogP contribution >= 0.6 is 0 Å². The Labute approximate surface area is 139 Å². The predicted molar refractivity (Wildman–Crippen MR) is 88.3 cm³/mol. The van der Waals surface area contributed by atoms with Crippen LogP contribution in [0.25, 0.3) is 0 Å². The third-order valence-electron chi connectivity index (χ3n) is 4.15. The van der Waals surface area contributed by atoms with E-state index in [4.69, 9.17) is 10.5 Å². The van der Waals surface area contributed by atoms with Crippen molar-refractivity contribution in [2.45, 2.75) is 19.4 Å². The number of aryl methyl sites for hydroxylation is 1. The van der Waals surface area contributed by atoms with E-state index in [9.17, 15) is 15.2 Å². The van der Waals surface area contributed by atoms with Crippen molar-refractivity contribution < 1.29 is 9.84 Å². The molecule has 6 heteroatoms. The van der Waals surface area contributed by atoms with Crippen LogP contribution in [0.5, 0.6) is 5.75 Å². The number of allylic oxidation sites excluding steroid dienone is 1. The molecule has 0 spiro atoms. The van der Waals surface area contributed by atoms with Crippen LogP contribution < -0.4 is 16.0 Å². The summed E-state index contributed by atoms with van der Waals surface area (Å²) in [6.45, 7) is 1.79. The SMILES string of the molecule is Cc1cc2c(c(=O)n1CCO)C(c1ccccc1)C(C#N)=C(N)O2. The van der Waals surface area contributed by atoms with Gasteiger partial charge in [-0.25, -0.2) is 0 Å². The van der Waals surface area contributed by atoms with E-state index in [-0.39, 0.29) is 30.2 Å². The standard InChI is InChI=1S/C18H17N3O3/c1-11-9-14-16(18(23)21(11)7-8-22)15(12-5-3-2-4-6-12)13(10-19)17(20)24-14/h2-6,9,15,22H,7-8,20H2,1H3. The lowest BCUT2D eigenvalue weighted by Gasteiger charge is -2.27. The van der Waals surface area contributed by atoms with Crippen LogP contribution in [0.4, 0.5) is 0 Å². The van der Waals surface area contributed by atoms with Crippen molar-refractivity contribution in [1.29, 1.82) is 5.26 Å². The first-order valence-electron chi connectivity index (χ1n) is 7.56. The highest BCUT2D eigenvalue weighted by Gasteiger charge is 2.34. The molecule has 1 aromatic carbocycles. The number of hydrogen-bond acceptors (Lipinski definition) is 5. The Balaban J connectivity index is 2.32. The molecule has 3 N–H and O–H groups in total. The van der Waals surface area contributed by atoms with E-state index >= 15 is 0 Å². The number of nitrogens with two attached hydrogens (primary N) is 1. The maximum Gasteiger partial charge on any atom is 0.258 e. The molecule has 0 bridgehead atoms. The zero-order chi connectivity index (χ0) is 17.3. The molecule has 2 heterocycles. The monoisotopic (exact) mass is 323 g/mol. The molecule has 0 saturated carbocycles. The molecule has 1 unspecified atom stereocenters. The first-order chi connectivity index (χ1) is 11.6. The van der Waals surface area contributed by atoms with E-state index in [1.165, 1.54) is 4.57 Å². The van der Waals surface area contributed by atoms with Crippen LogP contribution in [0.15, 0.2) is 52.6 Å². The minimum Gasteiger partial charge on any atom is -0.440 e. The van der Waals surface area contributed by atoms with Gasteiger partial charge in [0, 0.05) is 18.3 Å². The molecule has 122 valence electrons. The minimum absolute atomic E-state index is 0.0116. The van der Waals surface area contributed by atoms with E-state index in [0.717, 1.165) is 5.56 Å². The van der Waals surface area contributed by atoms with E-state index in [2.05, 4.69) is 6.07 Å². The average Bonchev–Trinajstić information content (AvgIpc) is 2.58. The Hall–Kier alpha value is -3.04. The van der Waals surface area contributed by atoms with Crippen molar-refractivity contribution in [3.8, 4) is 11.8 Å². The van der Waals surface area contributed by atoms with Crippen molar-refractivity contribution in [3.63, 3.8) is 0 Å². The Bertz CT molecular complexity index is 908. The Kier molecular flexibility index (Phi) is 4.11. The molecule has 0 fully saturated rings. The summed E-state index contributed by atoms with van der Waals surface area (Å²) < 4.78 is 7.02. The maximum atomic E-state index is 13.0. The molecular formula is C18H17N3O3. The molecule has 0 aliphatic carbocycles. The number of aromatic nitrogens is 1. The van der Waals surface area contributed by atoms with Crippen molar-refractivity contribution >= 4 is 0 Å². The second kappa shape index (κ2) is 6.22. The number of aliphatic hydroxyl groups excluding tert-OH is 1. The topological polar surface area (TPSA) is 101 Å². The Morgan fingerprint density at radius 1 is 1.38 bits per heavy atom. The minimum atomic E-state index is -0.585. The molecule has 1 aromatic heterocycles. The summed E-state index contributed by atoms with van der Waals surface area (Å²) in [7, 11) is 0. The number of rotatable bonds is 3. The molecule has 2 aromatic rings. The zero-order valence-electron chi connectivity index (χ0n) is 13.2. The van der Waals surface area contributed by atoms with E-state index in [0.29, 0.717) is 17.0 Å². The number of pyridine rings is 1. The van der Waals surface area contributed by atoms with Crippen LogP contribution in [-0.2, 0) is 6.54 Å². The number of ether oxygens (including phenoxy) is 1. The van der Waals surface area contributed by atoms with Gasteiger partial charge in [0.25, 0.3) is 5.56 Å². The number of nitriles is 1. The molecule has 0 saturated heterocycles. The molecule has 1 atom stereocenters. The summed E-state index contributed by atoms with van der Waals surface area (Å²) in [5.74, 6) is -0.215. The molecule has 24 heavy (non-hydrogen) atoms. The van der Waals surface area contributed by atoms with Crippen molar-refractivity contribution in [3.05, 3.63) is 75.0 Å². The van der Waals surface area contributed by atoms with Crippen LogP contribution in [0.2, 0.25) is 0 Å². The van der Waals surface area contributed by atoms with Crippen LogP contribution in [-0.4, -0.2) is 16.3 Å². The van der Waals surface area contributed by atoms with Gasteiger partial charge in [-0.3, -0.25) is 4.79 Å². The number of nitrogens with zero attached hydrogens (tertiary/aromatic N) is 2. The fourth-order valence-electron chi connectivity index (χ4n) is 3.04. The number of fused-ring (bicyclic) bond motifs is 1. The first kappa shape index (κ1) is 15.8. The van der Waals surface area contributed by atoms with E-state index in [1.807, 2.05) is 30.3 Å². The van der Waals surface area contributed by atoms with Gasteiger partial charge in [-0.2, -0.15) is 5.26 Å². The summed E-state index contributed by atoms with van der Waals surface area (Å²) >= 11 is 0. The molecule has 1 aliphatic rings. The van der Waals surface area contributed by atoms with Gasteiger partial charge < -0.3 is 20.1 Å². The summed E-state index contributed by atoms with van der Waals surface area (Å²) in [6, 6.07) is 13.0. The lowest BCUT2D eigenvalue weighted by Crippen LogP contribution is -2.33.